The largest absolute Gasteiger partial charge is 0.360 e. The van der Waals surface area contributed by atoms with Gasteiger partial charge in [0.1, 0.15) is 5.84 Å². The van der Waals surface area contributed by atoms with Gasteiger partial charge < -0.3 is 4.90 Å². The van der Waals surface area contributed by atoms with Crippen LogP contribution in [0.15, 0.2) is 33.6 Å². The van der Waals surface area contributed by atoms with Gasteiger partial charge in [-0.25, -0.2) is 0 Å². The molecule has 0 saturated carbocycles. The summed E-state index contributed by atoms with van der Waals surface area (Å²) in [6.07, 6.45) is 17.8. The lowest BCUT2D eigenvalue weighted by atomic mass is 10.0. The zero-order chi connectivity index (χ0) is 23.7. The topological polar surface area (TPSA) is 49.7 Å². The number of amidine groups is 1. The van der Waals surface area contributed by atoms with Crippen molar-refractivity contribution in [3.05, 3.63) is 29.8 Å². The van der Waals surface area contributed by atoms with Crippen LogP contribution in [0.4, 0.5) is 0 Å². The van der Waals surface area contributed by atoms with Crippen molar-refractivity contribution in [2.75, 3.05) is 13.1 Å². The van der Waals surface area contributed by atoms with Gasteiger partial charge in [0.05, 0.1) is 4.90 Å². The Morgan fingerprint density at radius 2 is 1.16 bits per heavy atom. The number of benzene rings is 1. The average molecular weight is 465 g/mol. The molecule has 0 aromatic heterocycles. The average Bonchev–Trinajstić information content (AvgIpc) is 2.77. The number of unbranched alkanes of at least 4 members (excludes halogenated alkanes) is 12. The van der Waals surface area contributed by atoms with Crippen LogP contribution >= 0.6 is 0 Å². The van der Waals surface area contributed by atoms with Gasteiger partial charge >= 0.3 is 0 Å². The van der Waals surface area contributed by atoms with Crippen molar-refractivity contribution in [1.82, 2.24) is 4.90 Å². The van der Waals surface area contributed by atoms with Gasteiger partial charge in [-0.1, -0.05) is 102 Å². The number of aryl methyl sites for hydroxylation is 1. The summed E-state index contributed by atoms with van der Waals surface area (Å²) in [5.41, 5.74) is 1.05. The predicted octanol–water partition coefficient (Wildman–Crippen LogP) is 7.91. The molecule has 1 rings (SSSR count). The van der Waals surface area contributed by atoms with Crippen molar-refractivity contribution in [1.29, 1.82) is 0 Å². The SMILES string of the molecule is CCCCCCCCCCCCCCC/C(=N/S(=O)(=O)c1ccc(C)cc1)N(CC)CC. The highest BCUT2D eigenvalue weighted by atomic mass is 32.2. The van der Waals surface area contributed by atoms with E-state index in [1.807, 2.05) is 19.1 Å². The molecule has 184 valence electrons. The van der Waals surface area contributed by atoms with E-state index in [4.69, 9.17) is 0 Å². The summed E-state index contributed by atoms with van der Waals surface area (Å²) in [5.74, 6) is 0.707. The van der Waals surface area contributed by atoms with Crippen molar-refractivity contribution in [2.24, 2.45) is 4.40 Å². The van der Waals surface area contributed by atoms with E-state index in [9.17, 15) is 8.42 Å². The number of hydrogen-bond acceptors (Lipinski definition) is 2. The molecule has 0 aliphatic heterocycles. The van der Waals surface area contributed by atoms with E-state index in [1.54, 1.807) is 12.1 Å². The Kier molecular flexibility index (Phi) is 15.4. The predicted molar refractivity (Wildman–Crippen MR) is 139 cm³/mol. The Bertz CT molecular complexity index is 723. The van der Waals surface area contributed by atoms with E-state index in [0.717, 1.165) is 37.9 Å². The lowest BCUT2D eigenvalue weighted by Gasteiger charge is -2.23. The molecule has 0 bridgehead atoms. The fourth-order valence-electron chi connectivity index (χ4n) is 4.05. The van der Waals surface area contributed by atoms with Crippen LogP contribution in [-0.4, -0.2) is 32.2 Å². The molecule has 0 N–H and O–H groups in total. The van der Waals surface area contributed by atoms with Crippen molar-refractivity contribution in [3.8, 4) is 0 Å². The number of nitrogens with zero attached hydrogens (tertiary/aromatic N) is 2. The molecule has 1 aromatic carbocycles. The van der Waals surface area contributed by atoms with Gasteiger partial charge in [0.25, 0.3) is 10.0 Å². The minimum absolute atomic E-state index is 0.276. The van der Waals surface area contributed by atoms with Gasteiger partial charge in [-0.2, -0.15) is 8.42 Å². The van der Waals surface area contributed by atoms with Gasteiger partial charge in [-0.05, 0) is 39.3 Å². The van der Waals surface area contributed by atoms with Gasteiger partial charge in [0, 0.05) is 19.5 Å². The van der Waals surface area contributed by atoms with Crippen LogP contribution < -0.4 is 0 Å². The fourth-order valence-corrected chi connectivity index (χ4v) is 5.12. The first-order valence-corrected chi connectivity index (χ1v) is 14.5. The molecule has 0 heterocycles. The van der Waals surface area contributed by atoms with Crippen molar-refractivity contribution < 1.29 is 8.42 Å². The summed E-state index contributed by atoms with van der Waals surface area (Å²) in [4.78, 5) is 2.35. The van der Waals surface area contributed by atoms with Crippen LogP contribution in [0.2, 0.25) is 0 Å². The number of sulfonamides is 1. The molecule has 0 amide bonds. The van der Waals surface area contributed by atoms with Crippen molar-refractivity contribution in [3.63, 3.8) is 0 Å². The summed E-state index contributed by atoms with van der Waals surface area (Å²) in [7, 11) is -3.66. The van der Waals surface area contributed by atoms with Gasteiger partial charge in [-0.15, -0.1) is 4.40 Å². The van der Waals surface area contributed by atoms with Crippen LogP contribution in [0.5, 0.6) is 0 Å². The number of hydrogen-bond donors (Lipinski definition) is 0. The van der Waals surface area contributed by atoms with E-state index >= 15 is 0 Å². The summed E-state index contributed by atoms with van der Waals surface area (Å²) in [6.45, 7) is 9.89. The zero-order valence-electron chi connectivity index (χ0n) is 21.2. The second-order valence-corrected chi connectivity index (χ2v) is 10.6. The lowest BCUT2D eigenvalue weighted by Crippen LogP contribution is -2.31. The molecule has 32 heavy (non-hydrogen) atoms. The van der Waals surface area contributed by atoms with Crippen LogP contribution in [0, 0.1) is 6.92 Å². The highest BCUT2D eigenvalue weighted by Gasteiger charge is 2.17. The monoisotopic (exact) mass is 464 g/mol. The third-order valence-corrected chi connectivity index (χ3v) is 7.50. The molecule has 4 nitrogen and oxygen atoms in total. The van der Waals surface area contributed by atoms with Crippen LogP contribution in [0.3, 0.4) is 0 Å². The number of rotatable bonds is 18. The van der Waals surface area contributed by atoms with Gasteiger partial charge in [-0.3, -0.25) is 0 Å². The lowest BCUT2D eigenvalue weighted by molar-refractivity contribution is 0.451. The van der Waals surface area contributed by atoms with Crippen LogP contribution in [0.1, 0.15) is 116 Å². The normalized spacial score (nSPS) is 12.3. The van der Waals surface area contributed by atoms with Crippen LogP contribution in [0.25, 0.3) is 0 Å². The van der Waals surface area contributed by atoms with Gasteiger partial charge in [0.15, 0.2) is 0 Å². The summed E-state index contributed by atoms with van der Waals surface area (Å²) >= 11 is 0. The van der Waals surface area contributed by atoms with Crippen LogP contribution in [-0.2, 0) is 10.0 Å². The standard InChI is InChI=1S/C27H48N2O2S/c1-5-8-9-10-11-12-13-14-15-16-17-18-19-20-27(29(6-2)7-3)28-32(30,31)26-23-21-25(4)22-24-26/h21-24H,5-20H2,1-4H3/b28-27-. The van der Waals surface area contributed by atoms with Crippen molar-refractivity contribution >= 4 is 15.9 Å². The molecule has 0 saturated heterocycles. The maximum Gasteiger partial charge on any atom is 0.283 e. The molecular formula is C27H48N2O2S. The first-order chi connectivity index (χ1) is 15.4. The van der Waals surface area contributed by atoms with E-state index in [1.165, 1.54) is 70.6 Å². The molecule has 0 aliphatic rings. The third-order valence-electron chi connectivity index (χ3n) is 6.18. The minimum atomic E-state index is -3.66. The Morgan fingerprint density at radius 3 is 1.59 bits per heavy atom. The molecule has 0 atom stereocenters. The molecule has 5 heteroatoms. The molecule has 1 aromatic rings. The van der Waals surface area contributed by atoms with E-state index in [0.29, 0.717) is 5.84 Å². The molecule has 0 aliphatic carbocycles. The molecule has 0 unspecified atom stereocenters. The van der Waals surface area contributed by atoms with Crippen molar-refractivity contribution in [2.45, 2.75) is 122 Å². The first kappa shape index (κ1) is 28.7. The zero-order valence-corrected chi connectivity index (χ0v) is 22.1. The highest BCUT2D eigenvalue weighted by molar-refractivity contribution is 7.90. The Balaban J connectivity index is 2.38. The van der Waals surface area contributed by atoms with E-state index < -0.39 is 10.0 Å². The minimum Gasteiger partial charge on any atom is -0.360 e. The van der Waals surface area contributed by atoms with Gasteiger partial charge in [0.2, 0.25) is 0 Å². The summed E-state index contributed by atoms with van der Waals surface area (Å²) in [5, 5.41) is 0. The summed E-state index contributed by atoms with van der Waals surface area (Å²) in [6, 6.07) is 6.95. The van der Waals surface area contributed by atoms with E-state index in [-0.39, 0.29) is 4.90 Å². The van der Waals surface area contributed by atoms with E-state index in [2.05, 4.69) is 30.1 Å². The smallest absolute Gasteiger partial charge is 0.283 e. The molecule has 0 spiro atoms. The maximum absolute atomic E-state index is 12.8. The third kappa shape index (κ3) is 12.0. The Morgan fingerprint density at radius 1 is 0.719 bits per heavy atom. The second-order valence-electron chi connectivity index (χ2n) is 8.96. The quantitative estimate of drug-likeness (QED) is 0.126. The Labute approximate surface area is 199 Å². The summed E-state index contributed by atoms with van der Waals surface area (Å²) < 4.78 is 29.9. The maximum atomic E-state index is 12.8. The Hall–Kier alpha value is -1.36. The fraction of sp³-hybridized carbons (Fsp3) is 0.741. The second kappa shape index (κ2) is 17.2. The molecular weight excluding hydrogens is 416 g/mol. The molecule has 0 radical (unpaired) electrons. The first-order valence-electron chi connectivity index (χ1n) is 13.1. The molecule has 0 fully saturated rings. The highest BCUT2D eigenvalue weighted by Crippen LogP contribution is 2.17.